The van der Waals surface area contributed by atoms with Crippen LogP contribution in [0.1, 0.15) is 5.56 Å². The lowest BCUT2D eigenvalue weighted by Crippen LogP contribution is -2.04. The molecule has 130 valence electrons. The van der Waals surface area contributed by atoms with E-state index < -0.39 is 17.8 Å². The first-order valence-corrected chi connectivity index (χ1v) is 7.42. The summed E-state index contributed by atoms with van der Waals surface area (Å²) in [6.07, 6.45) is -1.59. The fraction of sp³-hybridized carbons (Fsp3) is 0. The van der Waals surface area contributed by atoms with E-state index in [1.54, 1.807) is 0 Å². The molecule has 3 rings (SSSR count). The zero-order valence-corrected chi connectivity index (χ0v) is 13.5. The molecule has 0 amide bonds. The zero-order chi connectivity index (χ0) is 18.8. The van der Waals surface area contributed by atoms with Crippen molar-refractivity contribution < 1.29 is 23.4 Å². The third-order valence-corrected chi connectivity index (χ3v) is 3.64. The zero-order valence-electron chi connectivity index (χ0n) is 12.8. The first kappa shape index (κ1) is 17.4. The lowest BCUT2D eigenvalue weighted by atomic mass is 10.1. The maximum atomic E-state index is 13.8. The van der Waals surface area contributed by atoms with E-state index in [-0.39, 0.29) is 33.4 Å². The van der Waals surface area contributed by atoms with Crippen LogP contribution in [0.4, 0.5) is 13.6 Å². The molecule has 1 heterocycles. The monoisotopic (exact) mass is 375 g/mol. The molecule has 2 aromatic carbocycles. The summed E-state index contributed by atoms with van der Waals surface area (Å²) in [6, 6.07) is 10.4. The number of halogens is 3. The fourth-order valence-corrected chi connectivity index (χ4v) is 2.49. The highest BCUT2D eigenvalue weighted by Crippen LogP contribution is 2.30. The second-order valence-electron chi connectivity index (χ2n) is 5.09. The lowest BCUT2D eigenvalue weighted by molar-refractivity contribution is 0.142. The van der Waals surface area contributed by atoms with Gasteiger partial charge in [-0.3, -0.25) is 0 Å². The Bertz CT molecular complexity index is 1060. The number of carbonyl (C=O) groups is 1. The maximum Gasteiger partial charge on any atom is 0.512 e. The predicted molar refractivity (Wildman–Crippen MR) is 87.3 cm³/mol. The highest BCUT2D eigenvalue weighted by Gasteiger charge is 2.17. The van der Waals surface area contributed by atoms with E-state index in [2.05, 4.69) is 9.84 Å². The van der Waals surface area contributed by atoms with Gasteiger partial charge in [-0.05, 0) is 36.4 Å². The van der Waals surface area contributed by atoms with Gasteiger partial charge in [0, 0.05) is 11.6 Å². The van der Waals surface area contributed by atoms with Gasteiger partial charge in [0.15, 0.2) is 0 Å². The maximum absolute atomic E-state index is 13.8. The molecule has 6 nitrogen and oxygen atoms in total. The Labute approximate surface area is 150 Å². The van der Waals surface area contributed by atoms with Crippen molar-refractivity contribution in [1.82, 2.24) is 9.78 Å². The van der Waals surface area contributed by atoms with Crippen LogP contribution in [-0.4, -0.2) is 21.0 Å². The average molecular weight is 376 g/mol. The van der Waals surface area contributed by atoms with Gasteiger partial charge in [0.2, 0.25) is 5.88 Å². The molecule has 0 spiro atoms. The van der Waals surface area contributed by atoms with Gasteiger partial charge in [0.1, 0.15) is 11.6 Å². The second-order valence-corrected chi connectivity index (χ2v) is 5.49. The number of nitrogens with zero attached hydrogens (tertiary/aromatic N) is 3. The van der Waals surface area contributed by atoms with E-state index in [4.69, 9.17) is 22.0 Å². The quantitative estimate of drug-likeness (QED) is 0.685. The molecule has 26 heavy (non-hydrogen) atoms. The number of ether oxygens (including phenoxy) is 1. The number of carboxylic acid groups (broad SMARTS) is 1. The number of benzene rings is 2. The summed E-state index contributed by atoms with van der Waals surface area (Å²) in [6.45, 7) is 0. The Hall–Kier alpha value is -3.44. The Morgan fingerprint density at radius 2 is 2.00 bits per heavy atom. The average Bonchev–Trinajstić information content (AvgIpc) is 2.99. The molecular weight excluding hydrogens is 368 g/mol. The molecule has 0 radical (unpaired) electrons. The summed E-state index contributed by atoms with van der Waals surface area (Å²) in [5.41, 5.74) is 0.815. The van der Waals surface area contributed by atoms with E-state index in [9.17, 15) is 13.6 Å². The second kappa shape index (κ2) is 6.82. The van der Waals surface area contributed by atoms with Crippen LogP contribution >= 0.6 is 11.6 Å². The minimum atomic E-state index is -1.59. The van der Waals surface area contributed by atoms with Gasteiger partial charge in [-0.2, -0.15) is 5.26 Å². The predicted octanol–water partition coefficient (Wildman–Crippen LogP) is 4.40. The van der Waals surface area contributed by atoms with Crippen molar-refractivity contribution in [2.45, 2.75) is 0 Å². The van der Waals surface area contributed by atoms with Crippen LogP contribution in [-0.2, 0) is 0 Å². The van der Waals surface area contributed by atoms with Gasteiger partial charge in [-0.15, -0.1) is 5.10 Å². The number of hydrogen-bond donors (Lipinski definition) is 1. The summed E-state index contributed by atoms with van der Waals surface area (Å²) in [7, 11) is 0. The smallest absolute Gasteiger partial charge is 0.449 e. The molecule has 0 saturated carbocycles. The minimum absolute atomic E-state index is 0.0607. The normalized spacial score (nSPS) is 10.4. The summed E-state index contributed by atoms with van der Waals surface area (Å²) in [5, 5.41) is 21.6. The first-order chi connectivity index (χ1) is 12.4. The summed E-state index contributed by atoms with van der Waals surface area (Å²) >= 11 is 5.78. The third-order valence-electron chi connectivity index (χ3n) is 3.35. The lowest BCUT2D eigenvalue weighted by Gasteiger charge is -2.08. The fourth-order valence-electron chi connectivity index (χ4n) is 2.32. The van der Waals surface area contributed by atoms with Gasteiger partial charge in [0.05, 0.1) is 28.0 Å². The SMILES string of the molecule is N#Cc1cc(F)cc(-c2cc(OC(=O)O)nn2-c2ccc(F)c(Cl)c2)c1. The molecule has 0 fully saturated rings. The molecule has 0 aliphatic heterocycles. The van der Waals surface area contributed by atoms with Crippen molar-refractivity contribution in [3.8, 4) is 28.9 Å². The number of nitriles is 1. The standard InChI is InChI=1S/C17H8ClF2N3O3/c18-13-6-12(1-2-14(13)20)23-15(7-16(22-23)26-17(24)25)10-3-9(8-21)4-11(19)5-10/h1-7H,(H,24,25). The number of aromatic nitrogens is 2. The van der Waals surface area contributed by atoms with Gasteiger partial charge in [-0.1, -0.05) is 11.6 Å². The van der Waals surface area contributed by atoms with Crippen LogP contribution in [0.2, 0.25) is 5.02 Å². The van der Waals surface area contributed by atoms with Crippen molar-refractivity contribution in [1.29, 1.82) is 5.26 Å². The van der Waals surface area contributed by atoms with Crippen LogP contribution in [0.15, 0.2) is 42.5 Å². The largest absolute Gasteiger partial charge is 0.512 e. The van der Waals surface area contributed by atoms with Crippen LogP contribution < -0.4 is 4.74 Å². The Kier molecular flexibility index (Phi) is 4.56. The Morgan fingerprint density at radius 3 is 2.65 bits per heavy atom. The minimum Gasteiger partial charge on any atom is -0.449 e. The third kappa shape index (κ3) is 3.48. The van der Waals surface area contributed by atoms with Crippen molar-refractivity contribution in [3.05, 3.63) is 64.7 Å². The van der Waals surface area contributed by atoms with Crippen LogP contribution in [0, 0.1) is 23.0 Å². The molecule has 3 aromatic rings. The molecule has 0 bridgehead atoms. The highest BCUT2D eigenvalue weighted by atomic mass is 35.5. The van der Waals surface area contributed by atoms with Gasteiger partial charge >= 0.3 is 6.16 Å². The molecule has 0 unspecified atom stereocenters. The number of hydrogen-bond acceptors (Lipinski definition) is 4. The molecule has 0 aliphatic rings. The van der Waals surface area contributed by atoms with E-state index in [1.807, 2.05) is 6.07 Å². The van der Waals surface area contributed by atoms with Gasteiger partial charge in [0.25, 0.3) is 0 Å². The molecule has 0 atom stereocenters. The number of rotatable bonds is 3. The van der Waals surface area contributed by atoms with Crippen molar-refractivity contribution in [2.75, 3.05) is 0 Å². The molecular formula is C17H8ClF2N3O3. The highest BCUT2D eigenvalue weighted by molar-refractivity contribution is 6.30. The van der Waals surface area contributed by atoms with E-state index in [1.165, 1.54) is 28.9 Å². The molecule has 1 N–H and O–H groups in total. The van der Waals surface area contributed by atoms with E-state index in [0.717, 1.165) is 18.2 Å². The first-order valence-electron chi connectivity index (χ1n) is 7.04. The van der Waals surface area contributed by atoms with E-state index >= 15 is 0 Å². The molecule has 9 heteroatoms. The molecule has 1 aromatic heterocycles. The van der Waals surface area contributed by atoms with E-state index in [0.29, 0.717) is 0 Å². The Morgan fingerprint density at radius 1 is 1.23 bits per heavy atom. The summed E-state index contributed by atoms with van der Waals surface area (Å²) in [5.74, 6) is -1.59. The molecule has 0 saturated heterocycles. The molecule has 0 aliphatic carbocycles. The van der Waals surface area contributed by atoms with Crippen molar-refractivity contribution in [2.24, 2.45) is 0 Å². The van der Waals surface area contributed by atoms with Crippen LogP contribution in [0.5, 0.6) is 5.88 Å². The van der Waals surface area contributed by atoms with Crippen molar-refractivity contribution in [3.63, 3.8) is 0 Å². The summed E-state index contributed by atoms with van der Waals surface area (Å²) in [4.78, 5) is 10.8. The van der Waals surface area contributed by atoms with Crippen LogP contribution in [0.25, 0.3) is 16.9 Å². The topological polar surface area (TPSA) is 88.1 Å². The van der Waals surface area contributed by atoms with Gasteiger partial charge in [-0.25, -0.2) is 18.3 Å². The Balaban J connectivity index is 2.21. The van der Waals surface area contributed by atoms with Crippen molar-refractivity contribution >= 4 is 17.8 Å². The van der Waals surface area contributed by atoms with Gasteiger partial charge < -0.3 is 9.84 Å². The van der Waals surface area contributed by atoms with Crippen LogP contribution in [0.3, 0.4) is 0 Å². The summed E-state index contributed by atoms with van der Waals surface area (Å²) < 4.78 is 33.0.